The van der Waals surface area contributed by atoms with Gasteiger partial charge in [0.15, 0.2) is 0 Å². The summed E-state index contributed by atoms with van der Waals surface area (Å²) >= 11 is 1.43. The fraction of sp³-hybridized carbons (Fsp3) is 0.667. The Balaban J connectivity index is 2.88. The third-order valence-corrected chi connectivity index (χ3v) is 6.62. The molecule has 0 unspecified atom stereocenters. The quantitative estimate of drug-likeness (QED) is 0.203. The zero-order valence-electron chi connectivity index (χ0n) is 20.5. The zero-order valence-corrected chi connectivity index (χ0v) is 21.4. The number of nitrogens with one attached hydrogen (secondary N) is 2. The number of carboxylic acid groups (broad SMARTS) is 1. The summed E-state index contributed by atoms with van der Waals surface area (Å²) in [6, 6.07) is 0.850. The summed E-state index contributed by atoms with van der Waals surface area (Å²) in [6.07, 6.45) is 3.40. The van der Waals surface area contributed by atoms with E-state index in [1.807, 2.05) is 31.4 Å². The average molecular weight is 498 g/mol. The van der Waals surface area contributed by atoms with E-state index in [1.165, 1.54) is 18.3 Å². The first-order valence-corrected chi connectivity index (χ1v) is 12.8. The van der Waals surface area contributed by atoms with Gasteiger partial charge >= 0.3 is 11.9 Å². The molecule has 0 aliphatic heterocycles. The molecule has 0 aromatic carbocycles. The number of nitrogens with two attached hydrogens (primary N) is 1. The van der Waals surface area contributed by atoms with Gasteiger partial charge < -0.3 is 26.2 Å². The summed E-state index contributed by atoms with van der Waals surface area (Å²) in [4.78, 5) is 50.1. The zero-order chi connectivity index (χ0) is 25.7. The van der Waals surface area contributed by atoms with Crippen molar-refractivity contribution in [2.24, 2.45) is 11.7 Å². The van der Waals surface area contributed by atoms with Crippen molar-refractivity contribution in [2.75, 3.05) is 0 Å². The maximum atomic E-state index is 12.9. The maximum Gasteiger partial charge on any atom is 0.325 e. The molecule has 9 nitrogen and oxygen atoms in total. The molecule has 0 fully saturated rings. The van der Waals surface area contributed by atoms with Crippen molar-refractivity contribution in [3.8, 4) is 0 Å². The Labute approximate surface area is 205 Å². The number of amides is 2. The number of carbonyl (C=O) groups is 4. The second kappa shape index (κ2) is 15.4. The Kier molecular flexibility index (Phi) is 13.4. The highest BCUT2D eigenvalue weighted by atomic mass is 32.1. The molecule has 192 valence electrons. The third-order valence-electron chi connectivity index (χ3n) is 5.72. The van der Waals surface area contributed by atoms with Crippen LogP contribution in [-0.2, 0) is 30.3 Å². The first kappa shape index (κ1) is 29.6. The van der Waals surface area contributed by atoms with E-state index >= 15 is 0 Å². The average Bonchev–Trinajstić information content (AvgIpc) is 3.30. The highest BCUT2D eigenvalue weighted by Crippen LogP contribution is 2.16. The largest absolute Gasteiger partial charge is 0.480 e. The summed E-state index contributed by atoms with van der Waals surface area (Å²) in [6.45, 7) is 7.22. The molecule has 1 rings (SSSR count). The summed E-state index contributed by atoms with van der Waals surface area (Å²) in [7, 11) is 0. The molecule has 0 saturated heterocycles. The number of aliphatic carboxylic acids is 1. The van der Waals surface area contributed by atoms with Crippen LogP contribution >= 0.6 is 11.3 Å². The molecule has 2 amide bonds. The van der Waals surface area contributed by atoms with Crippen LogP contribution in [0.3, 0.4) is 0 Å². The summed E-state index contributed by atoms with van der Waals surface area (Å²) in [5.74, 6) is -2.80. The minimum absolute atomic E-state index is 0.0484. The highest BCUT2D eigenvalue weighted by Gasteiger charge is 2.28. The van der Waals surface area contributed by atoms with Crippen molar-refractivity contribution >= 4 is 35.1 Å². The van der Waals surface area contributed by atoms with Crippen molar-refractivity contribution in [2.45, 2.75) is 96.9 Å². The normalized spacial score (nSPS) is 15.4. The first-order valence-electron chi connectivity index (χ1n) is 11.9. The van der Waals surface area contributed by atoms with Gasteiger partial charge in [-0.2, -0.15) is 0 Å². The Morgan fingerprint density at radius 1 is 1.15 bits per heavy atom. The molecule has 1 aromatic rings. The highest BCUT2D eigenvalue weighted by molar-refractivity contribution is 7.09. The Morgan fingerprint density at radius 2 is 1.85 bits per heavy atom. The van der Waals surface area contributed by atoms with Gasteiger partial charge in [0.25, 0.3) is 0 Å². The second-order valence-corrected chi connectivity index (χ2v) is 9.67. The van der Waals surface area contributed by atoms with Crippen LogP contribution in [0.2, 0.25) is 0 Å². The molecular weight excluding hydrogens is 458 g/mol. The van der Waals surface area contributed by atoms with Gasteiger partial charge in [-0.05, 0) is 37.1 Å². The van der Waals surface area contributed by atoms with Gasteiger partial charge in [0, 0.05) is 11.3 Å². The molecule has 1 heterocycles. The number of hydrogen-bond acceptors (Lipinski definition) is 7. The lowest BCUT2D eigenvalue weighted by Gasteiger charge is -2.24. The van der Waals surface area contributed by atoms with Crippen molar-refractivity contribution < 1.29 is 29.0 Å². The number of hydrogen-bond donors (Lipinski definition) is 4. The van der Waals surface area contributed by atoms with Gasteiger partial charge in [0.1, 0.15) is 24.2 Å². The smallest absolute Gasteiger partial charge is 0.325 e. The van der Waals surface area contributed by atoms with Gasteiger partial charge in [0.2, 0.25) is 11.8 Å². The van der Waals surface area contributed by atoms with Crippen molar-refractivity contribution in [3.63, 3.8) is 0 Å². The Hall–Kier alpha value is -2.46. The topological polar surface area (TPSA) is 148 Å². The predicted molar refractivity (Wildman–Crippen MR) is 131 cm³/mol. The lowest BCUT2D eigenvalue weighted by molar-refractivity contribution is -0.153. The van der Waals surface area contributed by atoms with E-state index in [-0.39, 0.29) is 18.8 Å². The molecule has 1 aromatic heterocycles. The van der Waals surface area contributed by atoms with Crippen molar-refractivity contribution in [1.82, 2.24) is 10.6 Å². The number of esters is 1. The molecule has 5 N–H and O–H groups in total. The van der Waals surface area contributed by atoms with E-state index in [4.69, 9.17) is 15.6 Å². The minimum atomic E-state index is -1.17. The van der Waals surface area contributed by atoms with Crippen LogP contribution in [0.1, 0.15) is 71.1 Å². The van der Waals surface area contributed by atoms with Crippen molar-refractivity contribution in [3.05, 3.63) is 22.4 Å². The predicted octanol–water partition coefficient (Wildman–Crippen LogP) is 2.62. The van der Waals surface area contributed by atoms with Crippen LogP contribution < -0.4 is 16.4 Å². The number of thiophene rings is 1. The minimum Gasteiger partial charge on any atom is -0.480 e. The number of carboxylic acids is 1. The van der Waals surface area contributed by atoms with E-state index in [0.29, 0.717) is 6.42 Å². The molecular formula is C24H39N3O6S. The summed E-state index contributed by atoms with van der Waals surface area (Å²) < 4.78 is 5.60. The van der Waals surface area contributed by atoms with Crippen LogP contribution in [0.25, 0.3) is 0 Å². The van der Waals surface area contributed by atoms with E-state index in [2.05, 4.69) is 17.6 Å². The number of carbonyl (C=O) groups excluding carboxylic acids is 3. The Bertz CT molecular complexity index is 786. The van der Waals surface area contributed by atoms with Gasteiger partial charge in [-0.3, -0.25) is 19.2 Å². The van der Waals surface area contributed by atoms with E-state index in [0.717, 1.165) is 30.6 Å². The monoisotopic (exact) mass is 497 g/mol. The number of ether oxygens (including phenoxy) is 1. The fourth-order valence-electron chi connectivity index (χ4n) is 3.23. The van der Waals surface area contributed by atoms with Crippen LogP contribution in [-0.4, -0.2) is 53.1 Å². The Morgan fingerprint density at radius 3 is 2.41 bits per heavy atom. The molecule has 34 heavy (non-hydrogen) atoms. The first-order chi connectivity index (χ1) is 16.1. The standard InChI is InChI=1S/C24H39N3O6S/c1-5-7-8-10-17(33-24(32)21(25)15(3)6-2)13-20(28)27-19(14-18-11-9-12-34-18)22(29)26-16(4)23(30)31/h9,11-12,15-17,19,21H,5-8,10,13-14,25H2,1-4H3,(H,26,29)(H,27,28)(H,30,31)/t15-,16-,17+,19-,21+/m0/s1. The van der Waals surface area contributed by atoms with Gasteiger partial charge in [-0.25, -0.2) is 0 Å². The van der Waals surface area contributed by atoms with Crippen LogP contribution in [0.15, 0.2) is 17.5 Å². The van der Waals surface area contributed by atoms with E-state index in [9.17, 15) is 19.2 Å². The molecule has 0 aliphatic carbocycles. The lowest BCUT2D eigenvalue weighted by atomic mass is 10.00. The number of unbranched alkanes of at least 4 members (excludes halogenated alkanes) is 2. The van der Waals surface area contributed by atoms with Gasteiger partial charge in [0.05, 0.1) is 6.42 Å². The van der Waals surface area contributed by atoms with Crippen LogP contribution in [0, 0.1) is 5.92 Å². The number of rotatable bonds is 16. The third kappa shape index (κ3) is 10.6. The van der Waals surface area contributed by atoms with E-state index < -0.39 is 48.0 Å². The lowest BCUT2D eigenvalue weighted by Crippen LogP contribution is -2.52. The molecule has 0 bridgehead atoms. The van der Waals surface area contributed by atoms with Crippen LogP contribution in [0.5, 0.6) is 0 Å². The summed E-state index contributed by atoms with van der Waals surface area (Å²) in [5.41, 5.74) is 6.00. The van der Waals surface area contributed by atoms with Crippen LogP contribution in [0.4, 0.5) is 0 Å². The fourth-order valence-corrected chi connectivity index (χ4v) is 3.98. The van der Waals surface area contributed by atoms with Gasteiger partial charge in [-0.1, -0.05) is 46.1 Å². The maximum absolute atomic E-state index is 12.9. The second-order valence-electron chi connectivity index (χ2n) is 8.64. The molecule has 0 radical (unpaired) electrons. The molecule has 10 heteroatoms. The molecule has 5 atom stereocenters. The van der Waals surface area contributed by atoms with Crippen molar-refractivity contribution in [1.29, 1.82) is 0 Å². The molecule has 0 saturated carbocycles. The van der Waals surface area contributed by atoms with E-state index in [1.54, 1.807) is 0 Å². The SMILES string of the molecule is CCCCC[C@H](CC(=O)N[C@@H](Cc1cccs1)C(=O)N[C@@H](C)C(=O)O)OC(=O)[C@H](N)[C@@H](C)CC. The molecule has 0 aliphatic rings. The van der Waals surface area contributed by atoms with Gasteiger partial charge in [-0.15, -0.1) is 11.3 Å². The summed E-state index contributed by atoms with van der Waals surface area (Å²) in [5, 5.41) is 16.1. The molecule has 0 spiro atoms.